The first-order valence-corrected chi connectivity index (χ1v) is 12.5. The van der Waals surface area contributed by atoms with Gasteiger partial charge < -0.3 is 4.90 Å². The first kappa shape index (κ1) is 23.1. The van der Waals surface area contributed by atoms with Crippen LogP contribution in [-0.4, -0.2) is 0 Å². The minimum atomic E-state index is 0.223. The van der Waals surface area contributed by atoms with Crippen molar-refractivity contribution in [3.63, 3.8) is 0 Å². The molecule has 0 radical (unpaired) electrons. The molecule has 0 amide bonds. The van der Waals surface area contributed by atoms with Crippen LogP contribution in [0.4, 0.5) is 17.1 Å². The Labute approximate surface area is 200 Å². The summed E-state index contributed by atoms with van der Waals surface area (Å²) in [6.45, 7) is 11.5. The Morgan fingerprint density at radius 1 is 0.697 bits per heavy atom. The second-order valence-corrected chi connectivity index (χ2v) is 9.55. The van der Waals surface area contributed by atoms with E-state index in [1.807, 2.05) is 0 Å². The van der Waals surface area contributed by atoms with E-state index in [2.05, 4.69) is 131 Å². The summed E-state index contributed by atoms with van der Waals surface area (Å²) in [5, 5.41) is 2.53. The van der Waals surface area contributed by atoms with Gasteiger partial charge in [0.15, 0.2) is 0 Å². The quantitative estimate of drug-likeness (QED) is 0.266. The first-order valence-electron chi connectivity index (χ1n) is 12.5. The molecule has 1 unspecified atom stereocenters. The summed E-state index contributed by atoms with van der Waals surface area (Å²) in [4.78, 5) is 2.40. The molecule has 1 heteroatoms. The number of hydrogen-bond donors (Lipinski definition) is 0. The average molecular weight is 436 g/mol. The Hall–Kier alpha value is -3.06. The smallest absolute Gasteiger partial charge is 0.0540 e. The highest BCUT2D eigenvalue weighted by atomic mass is 15.1. The van der Waals surface area contributed by atoms with E-state index in [0.29, 0.717) is 5.92 Å². The van der Waals surface area contributed by atoms with Crippen LogP contribution < -0.4 is 4.90 Å². The number of rotatable bonds is 8. The molecular formula is C32H37N. The Balaban J connectivity index is 1.85. The molecule has 0 saturated heterocycles. The molecule has 0 heterocycles. The van der Waals surface area contributed by atoms with Gasteiger partial charge in [0.25, 0.3) is 0 Å². The fraction of sp³-hybridized carbons (Fsp3) is 0.312. The fourth-order valence-corrected chi connectivity index (χ4v) is 4.69. The van der Waals surface area contributed by atoms with Gasteiger partial charge >= 0.3 is 0 Å². The zero-order chi connectivity index (χ0) is 23.4. The summed E-state index contributed by atoms with van der Waals surface area (Å²) >= 11 is 0. The first-order chi connectivity index (χ1) is 16.0. The standard InChI is InChI=1S/C32H37N/c1-6-24(4)25-16-20-28(21-17-25)33(31-15-11-13-26-12-9-10-14-30(26)31)29-22-18-27(19-23-29)32(5,7-2)8-3/h9-24H,6-8H2,1-5H3. The van der Waals surface area contributed by atoms with Crippen LogP contribution in [0.25, 0.3) is 10.8 Å². The van der Waals surface area contributed by atoms with Gasteiger partial charge in [-0.25, -0.2) is 0 Å². The second kappa shape index (κ2) is 9.83. The molecule has 4 aromatic rings. The fourth-order valence-electron chi connectivity index (χ4n) is 4.69. The van der Waals surface area contributed by atoms with E-state index < -0.39 is 0 Å². The topological polar surface area (TPSA) is 3.24 Å². The van der Waals surface area contributed by atoms with Gasteiger partial charge in [0, 0.05) is 16.8 Å². The number of anilines is 3. The van der Waals surface area contributed by atoms with E-state index in [-0.39, 0.29) is 5.41 Å². The predicted molar refractivity (Wildman–Crippen MR) is 145 cm³/mol. The predicted octanol–water partition coefficient (Wildman–Crippen LogP) is 9.90. The third-order valence-corrected chi connectivity index (χ3v) is 7.72. The lowest BCUT2D eigenvalue weighted by molar-refractivity contribution is 0.439. The monoisotopic (exact) mass is 435 g/mol. The molecule has 4 rings (SSSR count). The van der Waals surface area contributed by atoms with Crippen LogP contribution >= 0.6 is 0 Å². The second-order valence-electron chi connectivity index (χ2n) is 9.55. The van der Waals surface area contributed by atoms with Gasteiger partial charge in [0.05, 0.1) is 5.69 Å². The van der Waals surface area contributed by atoms with Crippen LogP contribution in [0, 0.1) is 0 Å². The van der Waals surface area contributed by atoms with Crippen molar-refractivity contribution in [3.05, 3.63) is 102 Å². The maximum atomic E-state index is 2.40. The molecule has 0 aromatic heterocycles. The molecule has 33 heavy (non-hydrogen) atoms. The molecule has 0 aliphatic carbocycles. The van der Waals surface area contributed by atoms with Gasteiger partial charge in [-0.1, -0.05) is 95.3 Å². The van der Waals surface area contributed by atoms with E-state index in [4.69, 9.17) is 0 Å². The van der Waals surface area contributed by atoms with Crippen molar-refractivity contribution >= 4 is 27.8 Å². The Morgan fingerprint density at radius 3 is 1.88 bits per heavy atom. The molecule has 0 N–H and O–H groups in total. The lowest BCUT2D eigenvalue weighted by atomic mass is 9.78. The minimum absolute atomic E-state index is 0.223. The summed E-state index contributed by atoms with van der Waals surface area (Å²) < 4.78 is 0. The number of hydrogen-bond acceptors (Lipinski definition) is 1. The highest BCUT2D eigenvalue weighted by molar-refractivity contribution is 5.98. The van der Waals surface area contributed by atoms with E-state index in [9.17, 15) is 0 Å². The van der Waals surface area contributed by atoms with Crippen LogP contribution in [0.5, 0.6) is 0 Å². The molecule has 0 spiro atoms. The van der Waals surface area contributed by atoms with Crippen LogP contribution in [0.3, 0.4) is 0 Å². The molecule has 4 aromatic carbocycles. The van der Waals surface area contributed by atoms with E-state index in [1.165, 1.54) is 39.0 Å². The van der Waals surface area contributed by atoms with Gasteiger partial charge in [-0.3, -0.25) is 0 Å². The number of benzene rings is 4. The van der Waals surface area contributed by atoms with Crippen LogP contribution in [-0.2, 0) is 5.41 Å². The molecule has 0 bridgehead atoms. The van der Waals surface area contributed by atoms with Crippen LogP contribution in [0.1, 0.15) is 70.9 Å². The molecule has 1 nitrogen and oxygen atoms in total. The van der Waals surface area contributed by atoms with E-state index in [1.54, 1.807) is 0 Å². The van der Waals surface area contributed by atoms with Crippen molar-refractivity contribution in [3.8, 4) is 0 Å². The molecule has 170 valence electrons. The van der Waals surface area contributed by atoms with Crippen molar-refractivity contribution in [2.24, 2.45) is 0 Å². The number of nitrogens with zero attached hydrogens (tertiary/aromatic N) is 1. The Morgan fingerprint density at radius 2 is 1.27 bits per heavy atom. The lowest BCUT2D eigenvalue weighted by Crippen LogP contribution is -2.19. The maximum Gasteiger partial charge on any atom is 0.0540 e. The Kier molecular flexibility index (Phi) is 6.88. The highest BCUT2D eigenvalue weighted by Crippen LogP contribution is 2.40. The molecule has 0 aliphatic rings. The van der Waals surface area contributed by atoms with E-state index >= 15 is 0 Å². The highest BCUT2D eigenvalue weighted by Gasteiger charge is 2.23. The molecule has 1 atom stereocenters. The largest absolute Gasteiger partial charge is 0.310 e. The van der Waals surface area contributed by atoms with Gasteiger partial charge in [0.2, 0.25) is 0 Å². The zero-order valence-corrected chi connectivity index (χ0v) is 20.8. The zero-order valence-electron chi connectivity index (χ0n) is 20.8. The Bertz CT molecular complexity index is 1180. The molecule has 0 saturated carbocycles. The number of fused-ring (bicyclic) bond motifs is 1. The summed E-state index contributed by atoms with van der Waals surface area (Å²) in [6, 6.07) is 33.6. The SMILES string of the molecule is CCC(C)c1ccc(N(c2ccc(C(C)(CC)CC)cc2)c2cccc3ccccc23)cc1. The van der Waals surface area contributed by atoms with Gasteiger partial charge in [-0.05, 0) is 77.4 Å². The minimum Gasteiger partial charge on any atom is -0.310 e. The summed E-state index contributed by atoms with van der Waals surface area (Å²) in [6.07, 6.45) is 3.45. The van der Waals surface area contributed by atoms with Gasteiger partial charge in [-0.15, -0.1) is 0 Å². The van der Waals surface area contributed by atoms with Crippen LogP contribution in [0.2, 0.25) is 0 Å². The van der Waals surface area contributed by atoms with Crippen molar-refractivity contribution in [2.75, 3.05) is 4.90 Å². The molecule has 0 aliphatic heterocycles. The normalized spacial score (nSPS) is 12.6. The molecule has 0 fully saturated rings. The lowest BCUT2D eigenvalue weighted by Gasteiger charge is -2.30. The summed E-state index contributed by atoms with van der Waals surface area (Å²) in [5.74, 6) is 0.574. The van der Waals surface area contributed by atoms with Gasteiger partial charge in [-0.2, -0.15) is 0 Å². The van der Waals surface area contributed by atoms with Crippen molar-refractivity contribution in [1.82, 2.24) is 0 Å². The third kappa shape index (κ3) is 4.55. The average Bonchev–Trinajstić information content (AvgIpc) is 2.89. The summed E-state index contributed by atoms with van der Waals surface area (Å²) in [5.41, 5.74) is 6.64. The molecular weight excluding hydrogens is 398 g/mol. The van der Waals surface area contributed by atoms with E-state index in [0.717, 1.165) is 19.3 Å². The van der Waals surface area contributed by atoms with Crippen molar-refractivity contribution < 1.29 is 0 Å². The maximum absolute atomic E-state index is 2.40. The third-order valence-electron chi connectivity index (χ3n) is 7.72. The van der Waals surface area contributed by atoms with Crippen molar-refractivity contribution in [2.45, 2.75) is 65.2 Å². The van der Waals surface area contributed by atoms with Crippen LogP contribution in [0.15, 0.2) is 91.0 Å². The van der Waals surface area contributed by atoms with Crippen molar-refractivity contribution in [1.29, 1.82) is 0 Å². The van der Waals surface area contributed by atoms with Gasteiger partial charge in [0.1, 0.15) is 0 Å². The summed E-state index contributed by atoms with van der Waals surface area (Å²) in [7, 11) is 0.